The van der Waals surface area contributed by atoms with Crippen LogP contribution in [0.4, 0.5) is 6.01 Å². The van der Waals surface area contributed by atoms with Gasteiger partial charge < -0.3 is 14.6 Å². The molecule has 0 aromatic carbocycles. The van der Waals surface area contributed by atoms with Gasteiger partial charge in [-0.1, -0.05) is 6.07 Å². The van der Waals surface area contributed by atoms with Crippen LogP contribution in [0.3, 0.4) is 0 Å². The first-order chi connectivity index (χ1) is 10.0. The Morgan fingerprint density at radius 2 is 2.24 bits per heavy atom. The summed E-state index contributed by atoms with van der Waals surface area (Å²) in [6.45, 7) is 8.10. The van der Waals surface area contributed by atoms with E-state index in [1.54, 1.807) is 17.6 Å². The van der Waals surface area contributed by atoms with Gasteiger partial charge in [0.1, 0.15) is 6.26 Å². The van der Waals surface area contributed by atoms with E-state index in [0.29, 0.717) is 6.04 Å². The van der Waals surface area contributed by atoms with E-state index in [2.05, 4.69) is 53.5 Å². The van der Waals surface area contributed by atoms with Crippen LogP contribution in [-0.2, 0) is 13.1 Å². The van der Waals surface area contributed by atoms with E-state index >= 15 is 0 Å². The minimum Gasteiger partial charge on any atom is -0.432 e. The zero-order valence-corrected chi connectivity index (χ0v) is 13.7. The van der Waals surface area contributed by atoms with Crippen LogP contribution in [0.25, 0.3) is 0 Å². The summed E-state index contributed by atoms with van der Waals surface area (Å²) in [6.07, 6.45) is 4.25. The fraction of sp³-hybridized carbons (Fsp3) is 0.562. The maximum atomic E-state index is 5.72. The zero-order valence-electron chi connectivity index (χ0n) is 12.9. The molecule has 21 heavy (non-hydrogen) atoms. The van der Waals surface area contributed by atoms with Gasteiger partial charge in [0.25, 0.3) is 6.01 Å². The van der Waals surface area contributed by atoms with E-state index in [1.165, 1.54) is 17.7 Å². The molecule has 3 rings (SSSR count). The van der Waals surface area contributed by atoms with Crippen molar-refractivity contribution in [2.75, 3.05) is 4.90 Å². The standard InChI is InChI=1S/C16H23N3OS/c1-16(2,3)17-9-12-11-20-15(18-12)19(13-6-7-13)10-14-5-4-8-21-14/h4-5,8,11,13,17H,6-7,9-10H2,1-3H3. The van der Waals surface area contributed by atoms with Crippen molar-refractivity contribution in [3.05, 3.63) is 34.3 Å². The average molecular weight is 305 g/mol. The van der Waals surface area contributed by atoms with Crippen molar-refractivity contribution in [1.82, 2.24) is 10.3 Å². The maximum Gasteiger partial charge on any atom is 0.298 e. The van der Waals surface area contributed by atoms with Gasteiger partial charge in [0.15, 0.2) is 0 Å². The fourth-order valence-corrected chi connectivity index (χ4v) is 2.88. The van der Waals surface area contributed by atoms with Crippen molar-refractivity contribution in [2.24, 2.45) is 0 Å². The lowest BCUT2D eigenvalue weighted by Gasteiger charge is -2.20. The zero-order chi connectivity index (χ0) is 14.9. The van der Waals surface area contributed by atoms with Gasteiger partial charge in [-0.25, -0.2) is 0 Å². The average Bonchev–Trinajstić information content (AvgIpc) is 2.94. The first-order valence-electron chi connectivity index (χ1n) is 7.50. The molecule has 0 amide bonds. The number of hydrogen-bond acceptors (Lipinski definition) is 5. The van der Waals surface area contributed by atoms with Gasteiger partial charge in [-0.05, 0) is 45.1 Å². The smallest absolute Gasteiger partial charge is 0.298 e. The van der Waals surface area contributed by atoms with Crippen LogP contribution >= 0.6 is 11.3 Å². The second-order valence-electron chi connectivity index (χ2n) is 6.66. The van der Waals surface area contributed by atoms with E-state index in [4.69, 9.17) is 4.42 Å². The Bertz CT molecular complexity index is 567. The van der Waals surface area contributed by atoms with Crippen molar-refractivity contribution in [2.45, 2.75) is 58.3 Å². The number of anilines is 1. The molecule has 2 aromatic heterocycles. The molecule has 4 nitrogen and oxygen atoms in total. The van der Waals surface area contributed by atoms with Gasteiger partial charge in [-0.3, -0.25) is 0 Å². The molecular formula is C16H23N3OS. The number of nitrogens with one attached hydrogen (secondary N) is 1. The monoisotopic (exact) mass is 305 g/mol. The highest BCUT2D eigenvalue weighted by Gasteiger charge is 2.32. The third kappa shape index (κ3) is 4.08. The number of hydrogen-bond donors (Lipinski definition) is 1. The summed E-state index contributed by atoms with van der Waals surface area (Å²) in [5, 5.41) is 5.56. The van der Waals surface area contributed by atoms with Crippen LogP contribution < -0.4 is 10.2 Å². The summed E-state index contributed by atoms with van der Waals surface area (Å²) in [7, 11) is 0. The molecule has 0 bridgehead atoms. The fourth-order valence-electron chi connectivity index (χ4n) is 2.17. The first kappa shape index (κ1) is 14.6. The van der Waals surface area contributed by atoms with Gasteiger partial charge in [0, 0.05) is 23.0 Å². The summed E-state index contributed by atoms with van der Waals surface area (Å²) in [6, 6.07) is 5.62. The Kier molecular flexibility index (Phi) is 4.04. The highest BCUT2D eigenvalue weighted by molar-refractivity contribution is 7.09. The van der Waals surface area contributed by atoms with Crippen LogP contribution in [0.5, 0.6) is 0 Å². The van der Waals surface area contributed by atoms with Gasteiger partial charge in [0.2, 0.25) is 0 Å². The molecule has 5 heteroatoms. The Morgan fingerprint density at radius 1 is 1.43 bits per heavy atom. The summed E-state index contributed by atoms with van der Waals surface area (Å²) < 4.78 is 5.72. The SMILES string of the molecule is CC(C)(C)NCc1coc(N(Cc2cccs2)C2CC2)n1. The summed E-state index contributed by atoms with van der Waals surface area (Å²) in [4.78, 5) is 8.31. The number of rotatable bonds is 6. The number of oxazole rings is 1. The molecule has 0 atom stereocenters. The molecule has 0 radical (unpaired) electrons. The first-order valence-corrected chi connectivity index (χ1v) is 8.38. The van der Waals surface area contributed by atoms with Crippen molar-refractivity contribution in [1.29, 1.82) is 0 Å². The molecule has 1 aliphatic carbocycles. The van der Waals surface area contributed by atoms with Crippen LogP contribution in [0.1, 0.15) is 44.2 Å². The Balaban J connectivity index is 1.67. The number of thiophene rings is 1. The molecule has 0 aliphatic heterocycles. The van der Waals surface area contributed by atoms with Crippen LogP contribution in [0.2, 0.25) is 0 Å². The highest BCUT2D eigenvalue weighted by atomic mass is 32.1. The van der Waals surface area contributed by atoms with Crippen LogP contribution in [-0.4, -0.2) is 16.6 Å². The molecule has 0 saturated heterocycles. The molecule has 114 valence electrons. The lowest BCUT2D eigenvalue weighted by Crippen LogP contribution is -2.35. The lowest BCUT2D eigenvalue weighted by atomic mass is 10.1. The quantitative estimate of drug-likeness (QED) is 0.881. The van der Waals surface area contributed by atoms with Crippen molar-refractivity contribution in [3.8, 4) is 0 Å². The van der Waals surface area contributed by atoms with Crippen LogP contribution in [0.15, 0.2) is 28.2 Å². The number of aromatic nitrogens is 1. The molecular weight excluding hydrogens is 282 g/mol. The molecule has 2 heterocycles. The minimum atomic E-state index is 0.0895. The molecule has 0 spiro atoms. The Morgan fingerprint density at radius 3 is 2.86 bits per heavy atom. The second-order valence-corrected chi connectivity index (χ2v) is 7.70. The molecule has 1 aliphatic rings. The molecule has 0 unspecified atom stereocenters. The summed E-state index contributed by atoms with van der Waals surface area (Å²) in [5.74, 6) is 0. The lowest BCUT2D eigenvalue weighted by molar-refractivity contribution is 0.421. The minimum absolute atomic E-state index is 0.0895. The normalized spacial score (nSPS) is 15.4. The van der Waals surface area contributed by atoms with E-state index < -0.39 is 0 Å². The molecule has 1 N–H and O–H groups in total. The van der Waals surface area contributed by atoms with Crippen molar-refractivity contribution < 1.29 is 4.42 Å². The van der Waals surface area contributed by atoms with Gasteiger partial charge in [0.05, 0.1) is 12.2 Å². The molecule has 1 fully saturated rings. The second kappa shape index (κ2) is 5.81. The van der Waals surface area contributed by atoms with E-state index in [-0.39, 0.29) is 5.54 Å². The predicted molar refractivity (Wildman–Crippen MR) is 86.6 cm³/mol. The predicted octanol–water partition coefficient (Wildman–Crippen LogP) is 3.79. The topological polar surface area (TPSA) is 41.3 Å². The van der Waals surface area contributed by atoms with Crippen molar-refractivity contribution >= 4 is 17.4 Å². The maximum absolute atomic E-state index is 5.72. The third-order valence-corrected chi connectivity index (χ3v) is 4.34. The molecule has 2 aromatic rings. The Hall–Kier alpha value is -1.33. The summed E-state index contributed by atoms with van der Waals surface area (Å²) >= 11 is 1.79. The largest absolute Gasteiger partial charge is 0.432 e. The van der Waals surface area contributed by atoms with Crippen LogP contribution in [0, 0.1) is 0 Å². The van der Waals surface area contributed by atoms with E-state index in [9.17, 15) is 0 Å². The van der Waals surface area contributed by atoms with Gasteiger partial charge >= 0.3 is 0 Å². The summed E-state index contributed by atoms with van der Waals surface area (Å²) in [5.41, 5.74) is 1.06. The van der Waals surface area contributed by atoms with E-state index in [0.717, 1.165) is 24.8 Å². The Labute approximate surface area is 130 Å². The van der Waals surface area contributed by atoms with E-state index in [1.807, 2.05) is 0 Å². The van der Waals surface area contributed by atoms with Crippen molar-refractivity contribution in [3.63, 3.8) is 0 Å². The highest BCUT2D eigenvalue weighted by Crippen LogP contribution is 2.33. The molecule has 1 saturated carbocycles. The third-order valence-electron chi connectivity index (χ3n) is 3.48. The number of nitrogens with zero attached hydrogens (tertiary/aromatic N) is 2. The van der Waals surface area contributed by atoms with Gasteiger partial charge in [-0.2, -0.15) is 4.98 Å². The van der Waals surface area contributed by atoms with Gasteiger partial charge in [-0.15, -0.1) is 11.3 Å².